The van der Waals surface area contributed by atoms with Gasteiger partial charge >= 0.3 is 0 Å². The Bertz CT molecular complexity index is 1270. The maximum absolute atomic E-state index is 7.63. The fourth-order valence-electron chi connectivity index (χ4n) is 12.2. The van der Waals surface area contributed by atoms with E-state index in [0.29, 0.717) is 30.2 Å². The summed E-state index contributed by atoms with van der Waals surface area (Å²) < 4.78 is 0. The van der Waals surface area contributed by atoms with Crippen molar-refractivity contribution in [1.29, 1.82) is 0 Å². The van der Waals surface area contributed by atoms with E-state index in [1.807, 2.05) is 0 Å². The summed E-state index contributed by atoms with van der Waals surface area (Å²) in [6.07, 6.45) is 14.9. The van der Waals surface area contributed by atoms with Gasteiger partial charge in [0, 0.05) is 12.1 Å². The standard InChI is InChI=1S/C42H64N2/c1-28(2)30-11-15-34-32(23-30)13-17-36-38(5,19-9-21-40(34,36)7)25-42(44,27-43)26-39(6)20-10-22-41(8)35-16-12-31(29(3)4)24-33(35)14-18-37(39)41/h11-12,15-16,23-24,28-29,36-37H,9-10,13-14,17-22,25-27,43-44H2,1-8H3/t36-,37-,38-,39-,40-,41-/m1/s1. The lowest BCUT2D eigenvalue weighted by atomic mass is 9.45. The third kappa shape index (κ3) is 5.23. The highest BCUT2D eigenvalue weighted by atomic mass is 14.8. The van der Waals surface area contributed by atoms with E-state index in [-0.39, 0.29) is 27.2 Å². The molecule has 6 rings (SSSR count). The van der Waals surface area contributed by atoms with Crippen molar-refractivity contribution < 1.29 is 0 Å². The molecule has 4 aliphatic rings. The fourth-order valence-corrected chi connectivity index (χ4v) is 12.2. The zero-order chi connectivity index (χ0) is 31.7. The van der Waals surface area contributed by atoms with E-state index in [2.05, 4.69) is 91.8 Å². The number of aryl methyl sites for hydroxylation is 2. The first-order chi connectivity index (χ1) is 20.7. The van der Waals surface area contributed by atoms with Gasteiger partial charge in [0.25, 0.3) is 0 Å². The Morgan fingerprint density at radius 3 is 1.45 bits per heavy atom. The molecule has 6 atom stereocenters. The van der Waals surface area contributed by atoms with Crippen LogP contribution in [0.4, 0.5) is 0 Å². The van der Waals surface area contributed by atoms with E-state index in [9.17, 15) is 0 Å². The first-order valence-electron chi connectivity index (χ1n) is 18.4. The summed E-state index contributed by atoms with van der Waals surface area (Å²) in [7, 11) is 0. The largest absolute Gasteiger partial charge is 0.329 e. The number of nitrogens with two attached hydrogens (primary N) is 2. The number of hydrogen-bond donors (Lipinski definition) is 2. The van der Waals surface area contributed by atoms with Crippen molar-refractivity contribution in [1.82, 2.24) is 0 Å². The molecular formula is C42H64N2. The maximum atomic E-state index is 7.63. The van der Waals surface area contributed by atoms with Crippen molar-refractivity contribution in [2.24, 2.45) is 34.1 Å². The molecule has 2 saturated carbocycles. The second-order valence-electron chi connectivity index (χ2n) is 18.1. The normalized spacial score (nSPS) is 35.2. The van der Waals surface area contributed by atoms with Crippen LogP contribution in [0, 0.1) is 22.7 Å². The predicted octanol–water partition coefficient (Wildman–Crippen LogP) is 10.1. The van der Waals surface area contributed by atoms with E-state index >= 15 is 0 Å². The van der Waals surface area contributed by atoms with Gasteiger partial charge in [0.15, 0.2) is 0 Å². The van der Waals surface area contributed by atoms with Gasteiger partial charge in [0.05, 0.1) is 0 Å². The minimum absolute atomic E-state index is 0.219. The molecule has 0 spiro atoms. The van der Waals surface area contributed by atoms with Gasteiger partial charge < -0.3 is 11.5 Å². The molecule has 44 heavy (non-hydrogen) atoms. The monoisotopic (exact) mass is 597 g/mol. The molecule has 242 valence electrons. The second kappa shape index (κ2) is 11.3. The summed E-state index contributed by atoms with van der Waals surface area (Å²) in [5.41, 5.74) is 24.5. The highest BCUT2D eigenvalue weighted by Crippen LogP contribution is 2.62. The molecule has 4 N–H and O–H groups in total. The minimum Gasteiger partial charge on any atom is -0.329 e. The van der Waals surface area contributed by atoms with Crippen molar-refractivity contribution >= 4 is 0 Å². The third-order valence-electron chi connectivity index (χ3n) is 14.3. The van der Waals surface area contributed by atoms with Crippen molar-refractivity contribution in [3.63, 3.8) is 0 Å². The van der Waals surface area contributed by atoms with Crippen molar-refractivity contribution in [2.45, 2.75) is 161 Å². The van der Waals surface area contributed by atoms with E-state index in [1.165, 1.54) is 75.3 Å². The zero-order valence-electron chi connectivity index (χ0n) is 29.6. The molecule has 2 fully saturated rings. The lowest BCUT2D eigenvalue weighted by molar-refractivity contribution is -0.0301. The average Bonchev–Trinajstić information content (AvgIpc) is 2.96. The molecule has 0 unspecified atom stereocenters. The summed E-state index contributed by atoms with van der Waals surface area (Å²) in [5, 5.41) is 0. The van der Waals surface area contributed by atoms with Crippen LogP contribution in [0.1, 0.15) is 165 Å². The first kappa shape index (κ1) is 32.3. The number of rotatable bonds is 7. The molecule has 0 saturated heterocycles. The van der Waals surface area contributed by atoms with Crippen LogP contribution in [-0.4, -0.2) is 12.1 Å². The van der Waals surface area contributed by atoms with E-state index in [1.54, 1.807) is 22.3 Å². The molecule has 2 nitrogen and oxygen atoms in total. The number of benzene rings is 2. The predicted molar refractivity (Wildman–Crippen MR) is 189 cm³/mol. The Morgan fingerprint density at radius 1 is 0.682 bits per heavy atom. The van der Waals surface area contributed by atoms with Crippen molar-refractivity contribution in [2.75, 3.05) is 6.54 Å². The molecular weight excluding hydrogens is 532 g/mol. The van der Waals surface area contributed by atoms with Crippen LogP contribution in [0.2, 0.25) is 0 Å². The Labute approximate surface area is 270 Å². The smallest absolute Gasteiger partial charge is 0.0289 e. The minimum atomic E-state index is -0.330. The molecule has 2 aromatic rings. The quantitative estimate of drug-likeness (QED) is 0.334. The van der Waals surface area contributed by atoms with Crippen LogP contribution in [-0.2, 0) is 23.7 Å². The van der Waals surface area contributed by atoms with Gasteiger partial charge in [-0.1, -0.05) is 105 Å². The summed E-state index contributed by atoms with van der Waals surface area (Å²) in [5.74, 6) is 2.50. The molecule has 0 radical (unpaired) electrons. The maximum Gasteiger partial charge on any atom is 0.0289 e. The van der Waals surface area contributed by atoms with Gasteiger partial charge in [-0.25, -0.2) is 0 Å². The van der Waals surface area contributed by atoms with Crippen LogP contribution >= 0.6 is 0 Å². The molecule has 0 heterocycles. The highest BCUT2D eigenvalue weighted by molar-refractivity contribution is 5.43. The molecule has 4 aliphatic carbocycles. The van der Waals surface area contributed by atoms with Crippen molar-refractivity contribution in [3.8, 4) is 0 Å². The average molecular weight is 597 g/mol. The molecule has 0 aliphatic heterocycles. The van der Waals surface area contributed by atoms with Gasteiger partial charge in [-0.05, 0) is 143 Å². The molecule has 2 heteroatoms. The topological polar surface area (TPSA) is 52.0 Å². The lowest BCUT2D eigenvalue weighted by Crippen LogP contribution is -2.60. The Hall–Kier alpha value is -1.64. The SMILES string of the molecule is CC(C)c1ccc2c(c1)CC[C@@H]1[C@@](C)(CC(N)(CN)C[C@@]3(C)CCC[C@]4(C)c5ccc(C(C)C)cc5CC[C@H]34)CCC[C@]21C. The van der Waals surface area contributed by atoms with Gasteiger partial charge in [-0.2, -0.15) is 0 Å². The fraction of sp³-hybridized carbons (Fsp3) is 0.714. The molecule has 0 amide bonds. The third-order valence-corrected chi connectivity index (χ3v) is 14.3. The van der Waals surface area contributed by atoms with Gasteiger partial charge in [-0.15, -0.1) is 0 Å². The molecule has 0 bridgehead atoms. The highest BCUT2D eigenvalue weighted by Gasteiger charge is 2.57. The zero-order valence-corrected chi connectivity index (χ0v) is 29.6. The summed E-state index contributed by atoms with van der Waals surface area (Å²) in [6, 6.07) is 14.9. The van der Waals surface area contributed by atoms with Gasteiger partial charge in [0.1, 0.15) is 0 Å². The Morgan fingerprint density at radius 2 is 1.09 bits per heavy atom. The van der Waals surface area contributed by atoms with Gasteiger partial charge in [-0.3, -0.25) is 0 Å². The van der Waals surface area contributed by atoms with Crippen LogP contribution in [0.3, 0.4) is 0 Å². The van der Waals surface area contributed by atoms with Crippen molar-refractivity contribution in [3.05, 3.63) is 69.8 Å². The molecule has 2 aromatic carbocycles. The first-order valence-corrected chi connectivity index (χ1v) is 18.4. The van der Waals surface area contributed by atoms with Gasteiger partial charge in [0.2, 0.25) is 0 Å². The number of hydrogen-bond acceptors (Lipinski definition) is 2. The van der Waals surface area contributed by atoms with Crippen LogP contribution < -0.4 is 11.5 Å². The summed E-state index contributed by atoms with van der Waals surface area (Å²) in [4.78, 5) is 0. The van der Waals surface area contributed by atoms with E-state index in [4.69, 9.17) is 11.5 Å². The van der Waals surface area contributed by atoms with E-state index in [0.717, 1.165) is 12.8 Å². The van der Waals surface area contributed by atoms with Crippen LogP contribution in [0.5, 0.6) is 0 Å². The molecule has 0 aromatic heterocycles. The lowest BCUT2D eigenvalue weighted by Gasteiger charge is -2.60. The Balaban J connectivity index is 1.27. The van der Waals surface area contributed by atoms with Crippen LogP contribution in [0.25, 0.3) is 0 Å². The second-order valence-corrected chi connectivity index (χ2v) is 18.1. The summed E-state index contributed by atoms with van der Waals surface area (Å²) >= 11 is 0. The summed E-state index contributed by atoms with van der Waals surface area (Å²) in [6.45, 7) is 20.3. The van der Waals surface area contributed by atoms with E-state index < -0.39 is 0 Å². The van der Waals surface area contributed by atoms with Crippen LogP contribution in [0.15, 0.2) is 36.4 Å². The number of fused-ring (bicyclic) bond motifs is 6. The Kier molecular flexibility index (Phi) is 8.27.